The molecule has 0 spiro atoms. The number of aromatic nitrogens is 2. The molecule has 0 amide bonds. The number of benzene rings is 2. The third kappa shape index (κ3) is 3.65. The fourth-order valence-corrected chi connectivity index (χ4v) is 4.48. The molecule has 0 saturated carbocycles. The van der Waals surface area contributed by atoms with E-state index in [4.69, 9.17) is 9.47 Å². The fraction of sp³-hybridized carbons (Fsp3) is 0.143. The number of fused-ring (bicyclic) bond motifs is 1. The first-order valence-electron chi connectivity index (χ1n) is 8.64. The maximum absolute atomic E-state index is 13.3. The molecule has 8 heteroatoms. The summed E-state index contributed by atoms with van der Waals surface area (Å²) in [6, 6.07) is 9.73. The van der Waals surface area contributed by atoms with E-state index in [2.05, 4.69) is 20.9 Å². The minimum Gasteiger partial charge on any atom is -0.493 e. The van der Waals surface area contributed by atoms with E-state index in [1.54, 1.807) is 43.3 Å². The number of thiophene rings is 1. The number of hydrogen-bond acceptors (Lipinski definition) is 5. The Bertz CT molecular complexity index is 1250. The molecule has 2 aromatic carbocycles. The van der Waals surface area contributed by atoms with Gasteiger partial charge in [0.05, 0.1) is 32.5 Å². The molecule has 0 aliphatic rings. The second-order valence-corrected chi connectivity index (χ2v) is 8.03. The van der Waals surface area contributed by atoms with Crippen molar-refractivity contribution in [2.24, 2.45) is 0 Å². The highest BCUT2D eigenvalue weighted by molar-refractivity contribution is 9.10. The van der Waals surface area contributed by atoms with Crippen molar-refractivity contribution in [3.8, 4) is 22.6 Å². The van der Waals surface area contributed by atoms with Crippen molar-refractivity contribution >= 4 is 37.5 Å². The minimum atomic E-state index is -0.317. The van der Waals surface area contributed by atoms with Crippen LogP contribution in [0.1, 0.15) is 5.56 Å². The largest absolute Gasteiger partial charge is 0.493 e. The lowest BCUT2D eigenvalue weighted by molar-refractivity contribution is 0.354. The van der Waals surface area contributed by atoms with Gasteiger partial charge in [0.2, 0.25) is 0 Å². The summed E-state index contributed by atoms with van der Waals surface area (Å²) in [7, 11) is 3.13. The number of methoxy groups -OCH3 is 2. The lowest BCUT2D eigenvalue weighted by Gasteiger charge is -2.13. The van der Waals surface area contributed by atoms with Crippen LogP contribution < -0.4 is 15.0 Å². The number of rotatable bonds is 5. The van der Waals surface area contributed by atoms with E-state index in [1.807, 2.05) is 11.4 Å². The van der Waals surface area contributed by atoms with Gasteiger partial charge < -0.3 is 9.47 Å². The second kappa shape index (κ2) is 7.96. The van der Waals surface area contributed by atoms with Crippen LogP contribution in [0.25, 0.3) is 21.3 Å². The zero-order valence-corrected chi connectivity index (χ0v) is 18.0. The smallest absolute Gasteiger partial charge is 0.263 e. The second-order valence-electron chi connectivity index (χ2n) is 6.31. The lowest BCUT2D eigenvalue weighted by atomic mass is 10.1. The van der Waals surface area contributed by atoms with Crippen molar-refractivity contribution in [1.82, 2.24) is 9.55 Å². The van der Waals surface area contributed by atoms with Gasteiger partial charge in [-0.1, -0.05) is 28.1 Å². The first kappa shape index (κ1) is 19.6. The summed E-state index contributed by atoms with van der Waals surface area (Å²) >= 11 is 4.92. The molecule has 2 aromatic heterocycles. The van der Waals surface area contributed by atoms with Crippen LogP contribution in [0.4, 0.5) is 4.39 Å². The Balaban J connectivity index is 1.80. The maximum atomic E-state index is 13.3. The van der Waals surface area contributed by atoms with Crippen molar-refractivity contribution in [2.45, 2.75) is 6.54 Å². The SMILES string of the molecule is COc1cc(Br)c(Cn2cnc3scc(-c4ccc(F)cc4)c3c2=O)cc1OC. The Kier molecular flexibility index (Phi) is 5.38. The Hall–Kier alpha value is -2.71. The van der Waals surface area contributed by atoms with E-state index >= 15 is 0 Å². The number of hydrogen-bond donors (Lipinski definition) is 0. The van der Waals surface area contributed by atoms with Crippen LogP contribution in [0.5, 0.6) is 11.5 Å². The highest BCUT2D eigenvalue weighted by atomic mass is 79.9. The molecule has 0 bridgehead atoms. The van der Waals surface area contributed by atoms with Gasteiger partial charge >= 0.3 is 0 Å². The molecule has 0 atom stereocenters. The van der Waals surface area contributed by atoms with Gasteiger partial charge in [0.15, 0.2) is 11.5 Å². The third-order valence-electron chi connectivity index (χ3n) is 4.61. The lowest BCUT2D eigenvalue weighted by Crippen LogP contribution is -2.21. The van der Waals surface area contributed by atoms with E-state index < -0.39 is 0 Å². The van der Waals surface area contributed by atoms with Gasteiger partial charge in [-0.05, 0) is 35.4 Å². The van der Waals surface area contributed by atoms with Gasteiger partial charge in [0, 0.05) is 15.4 Å². The zero-order valence-electron chi connectivity index (χ0n) is 15.6. The molecule has 4 aromatic rings. The molecule has 29 heavy (non-hydrogen) atoms. The van der Waals surface area contributed by atoms with E-state index in [0.717, 1.165) is 21.2 Å². The predicted octanol–water partition coefficient (Wildman–Crippen LogP) is 5.09. The van der Waals surface area contributed by atoms with Crippen LogP contribution in [-0.4, -0.2) is 23.8 Å². The summed E-state index contributed by atoms with van der Waals surface area (Å²) < 4.78 is 26.3. The molecule has 0 fully saturated rings. The number of nitrogens with zero attached hydrogens (tertiary/aromatic N) is 2. The molecule has 2 heterocycles. The van der Waals surface area contributed by atoms with E-state index in [9.17, 15) is 9.18 Å². The molecule has 0 aliphatic carbocycles. The predicted molar refractivity (Wildman–Crippen MR) is 116 cm³/mol. The van der Waals surface area contributed by atoms with Crippen molar-refractivity contribution in [1.29, 1.82) is 0 Å². The summed E-state index contributed by atoms with van der Waals surface area (Å²) in [6.45, 7) is 0.307. The van der Waals surface area contributed by atoms with Crippen molar-refractivity contribution in [3.63, 3.8) is 0 Å². The molecule has 148 valence electrons. The average molecular weight is 475 g/mol. The highest BCUT2D eigenvalue weighted by Gasteiger charge is 2.15. The number of ether oxygens (including phenoxy) is 2. The molecule has 0 saturated heterocycles. The first-order chi connectivity index (χ1) is 14.0. The third-order valence-corrected chi connectivity index (χ3v) is 6.23. The van der Waals surface area contributed by atoms with Crippen LogP contribution in [0.15, 0.2) is 57.4 Å². The van der Waals surface area contributed by atoms with Gasteiger partial charge in [-0.3, -0.25) is 9.36 Å². The monoisotopic (exact) mass is 474 g/mol. The quantitative estimate of drug-likeness (QED) is 0.404. The van der Waals surface area contributed by atoms with Crippen LogP contribution >= 0.6 is 27.3 Å². The van der Waals surface area contributed by atoms with Gasteiger partial charge in [-0.2, -0.15) is 0 Å². The highest BCUT2D eigenvalue weighted by Crippen LogP contribution is 2.34. The topological polar surface area (TPSA) is 53.4 Å². The van der Waals surface area contributed by atoms with E-state index in [0.29, 0.717) is 28.3 Å². The van der Waals surface area contributed by atoms with E-state index in [-0.39, 0.29) is 11.4 Å². The minimum absolute atomic E-state index is 0.155. The van der Waals surface area contributed by atoms with Crippen LogP contribution in [0, 0.1) is 5.82 Å². The summed E-state index contributed by atoms with van der Waals surface area (Å²) in [5, 5.41) is 2.41. The molecule has 0 N–H and O–H groups in total. The van der Waals surface area contributed by atoms with E-state index in [1.165, 1.54) is 23.5 Å². The van der Waals surface area contributed by atoms with Gasteiger partial charge in [-0.15, -0.1) is 11.3 Å². The number of halogens is 2. The van der Waals surface area contributed by atoms with Gasteiger partial charge in [0.1, 0.15) is 10.6 Å². The fourth-order valence-electron chi connectivity index (χ4n) is 3.12. The molecule has 4 rings (SSSR count). The summed E-state index contributed by atoms with van der Waals surface area (Å²) in [4.78, 5) is 18.3. The van der Waals surface area contributed by atoms with Crippen molar-refractivity contribution in [2.75, 3.05) is 14.2 Å². The standard InChI is InChI=1S/C21H16BrFN2O3S/c1-27-17-7-13(16(22)8-18(17)28-2)9-25-11-24-20-19(21(25)26)15(10-29-20)12-3-5-14(23)6-4-12/h3-8,10-11H,9H2,1-2H3. The Labute approximate surface area is 178 Å². The first-order valence-corrected chi connectivity index (χ1v) is 10.3. The van der Waals surface area contributed by atoms with Gasteiger partial charge in [-0.25, -0.2) is 9.37 Å². The molecular formula is C21H16BrFN2O3S. The van der Waals surface area contributed by atoms with Crippen molar-refractivity contribution < 1.29 is 13.9 Å². The van der Waals surface area contributed by atoms with Crippen LogP contribution in [0.3, 0.4) is 0 Å². The van der Waals surface area contributed by atoms with Crippen molar-refractivity contribution in [3.05, 3.63) is 74.3 Å². The Morgan fingerprint density at radius 2 is 1.83 bits per heavy atom. The summed E-state index contributed by atoms with van der Waals surface area (Å²) in [6.07, 6.45) is 1.54. The summed E-state index contributed by atoms with van der Waals surface area (Å²) in [5.74, 6) is 0.859. The molecule has 0 aliphatic heterocycles. The van der Waals surface area contributed by atoms with Crippen LogP contribution in [-0.2, 0) is 6.54 Å². The van der Waals surface area contributed by atoms with Gasteiger partial charge in [0.25, 0.3) is 5.56 Å². The Morgan fingerprint density at radius 3 is 2.52 bits per heavy atom. The zero-order chi connectivity index (χ0) is 20.5. The molecule has 0 radical (unpaired) electrons. The average Bonchev–Trinajstić information content (AvgIpc) is 3.16. The van der Waals surface area contributed by atoms with Crippen LogP contribution in [0.2, 0.25) is 0 Å². The molecule has 0 unspecified atom stereocenters. The maximum Gasteiger partial charge on any atom is 0.263 e. The normalized spacial score (nSPS) is 11.0. The summed E-state index contributed by atoms with van der Waals surface area (Å²) in [5.41, 5.74) is 2.23. The Morgan fingerprint density at radius 1 is 1.14 bits per heavy atom. The molecule has 5 nitrogen and oxygen atoms in total. The molecular weight excluding hydrogens is 459 g/mol.